The number of aryl methyl sites for hydroxylation is 1. The highest BCUT2D eigenvalue weighted by atomic mass is 16.5. The summed E-state index contributed by atoms with van der Waals surface area (Å²) in [7, 11) is 1.68. The molecule has 0 aliphatic carbocycles. The van der Waals surface area contributed by atoms with Crippen molar-refractivity contribution in [3.05, 3.63) is 35.9 Å². The van der Waals surface area contributed by atoms with Gasteiger partial charge in [-0.25, -0.2) is 4.68 Å². The van der Waals surface area contributed by atoms with Crippen LogP contribution in [0.3, 0.4) is 0 Å². The SMILES string of the molecule is COCCNCc1cn(-c2cncc(C)c2)nn1. The third-order valence-electron chi connectivity index (χ3n) is 2.45. The summed E-state index contributed by atoms with van der Waals surface area (Å²) in [5, 5.41) is 11.4. The number of rotatable bonds is 6. The minimum atomic E-state index is 0.683. The van der Waals surface area contributed by atoms with Gasteiger partial charge >= 0.3 is 0 Å². The zero-order chi connectivity index (χ0) is 12.8. The molecule has 1 N–H and O–H groups in total. The quantitative estimate of drug-likeness (QED) is 0.761. The van der Waals surface area contributed by atoms with E-state index in [2.05, 4.69) is 20.6 Å². The Kier molecular flexibility index (Phi) is 4.38. The van der Waals surface area contributed by atoms with Crippen molar-refractivity contribution in [2.24, 2.45) is 0 Å². The Morgan fingerprint density at radius 3 is 3.06 bits per heavy atom. The maximum atomic E-state index is 4.96. The standard InChI is InChI=1S/C12H17N5O/c1-10-5-12(8-14-6-10)17-9-11(15-16-17)7-13-3-4-18-2/h5-6,8-9,13H,3-4,7H2,1-2H3. The molecule has 0 fully saturated rings. The molecule has 0 saturated carbocycles. The van der Waals surface area contributed by atoms with Gasteiger partial charge < -0.3 is 10.1 Å². The van der Waals surface area contributed by atoms with E-state index in [4.69, 9.17) is 4.74 Å². The van der Waals surface area contributed by atoms with E-state index in [-0.39, 0.29) is 0 Å². The van der Waals surface area contributed by atoms with Crippen LogP contribution in [-0.4, -0.2) is 40.2 Å². The molecule has 0 saturated heterocycles. The van der Waals surface area contributed by atoms with Crippen molar-refractivity contribution < 1.29 is 4.74 Å². The molecule has 2 rings (SSSR count). The van der Waals surface area contributed by atoms with Crippen LogP contribution in [0.5, 0.6) is 0 Å². The number of nitrogens with zero attached hydrogens (tertiary/aromatic N) is 4. The van der Waals surface area contributed by atoms with E-state index in [0.29, 0.717) is 13.2 Å². The first-order valence-electron chi connectivity index (χ1n) is 5.82. The van der Waals surface area contributed by atoms with Gasteiger partial charge in [-0.05, 0) is 18.6 Å². The van der Waals surface area contributed by atoms with Crippen LogP contribution in [0.1, 0.15) is 11.3 Å². The monoisotopic (exact) mass is 247 g/mol. The van der Waals surface area contributed by atoms with Crippen LogP contribution in [0.4, 0.5) is 0 Å². The molecule has 0 atom stereocenters. The molecule has 2 aromatic rings. The van der Waals surface area contributed by atoms with Crippen molar-refractivity contribution in [2.45, 2.75) is 13.5 Å². The van der Waals surface area contributed by atoms with Crippen molar-refractivity contribution in [2.75, 3.05) is 20.3 Å². The maximum absolute atomic E-state index is 4.96. The van der Waals surface area contributed by atoms with E-state index in [9.17, 15) is 0 Å². The topological polar surface area (TPSA) is 64.9 Å². The van der Waals surface area contributed by atoms with E-state index < -0.39 is 0 Å². The van der Waals surface area contributed by atoms with Crippen LogP contribution < -0.4 is 5.32 Å². The molecule has 0 aromatic carbocycles. The van der Waals surface area contributed by atoms with Gasteiger partial charge in [0.05, 0.1) is 30.4 Å². The average molecular weight is 247 g/mol. The number of nitrogens with one attached hydrogen (secondary N) is 1. The van der Waals surface area contributed by atoms with Gasteiger partial charge in [-0.3, -0.25) is 4.98 Å². The lowest BCUT2D eigenvalue weighted by Gasteiger charge is -2.00. The normalized spacial score (nSPS) is 10.8. The summed E-state index contributed by atoms with van der Waals surface area (Å²) in [5.41, 5.74) is 2.92. The largest absolute Gasteiger partial charge is 0.383 e. The fourth-order valence-corrected chi connectivity index (χ4v) is 1.56. The van der Waals surface area contributed by atoms with Crippen molar-refractivity contribution in [1.29, 1.82) is 0 Å². The molecule has 0 bridgehead atoms. The summed E-state index contributed by atoms with van der Waals surface area (Å²) in [6.45, 7) is 4.18. The molecule has 0 unspecified atom stereocenters. The summed E-state index contributed by atoms with van der Waals surface area (Å²) in [6.07, 6.45) is 5.48. The highest BCUT2D eigenvalue weighted by Crippen LogP contribution is 2.06. The van der Waals surface area contributed by atoms with Gasteiger partial charge in [0.2, 0.25) is 0 Å². The highest BCUT2D eigenvalue weighted by Gasteiger charge is 2.02. The minimum Gasteiger partial charge on any atom is -0.383 e. The number of hydrogen-bond acceptors (Lipinski definition) is 5. The zero-order valence-corrected chi connectivity index (χ0v) is 10.6. The first-order chi connectivity index (χ1) is 8.79. The lowest BCUT2D eigenvalue weighted by Crippen LogP contribution is -2.18. The van der Waals surface area contributed by atoms with Crippen LogP contribution >= 0.6 is 0 Å². The molecule has 0 spiro atoms. The molecule has 6 nitrogen and oxygen atoms in total. The van der Waals surface area contributed by atoms with Crippen molar-refractivity contribution in [3.63, 3.8) is 0 Å². The first-order valence-corrected chi connectivity index (χ1v) is 5.82. The molecule has 0 aliphatic rings. The van der Waals surface area contributed by atoms with Gasteiger partial charge in [0.15, 0.2) is 0 Å². The summed E-state index contributed by atoms with van der Waals surface area (Å²) in [6, 6.07) is 2.02. The van der Waals surface area contributed by atoms with Crippen molar-refractivity contribution in [3.8, 4) is 5.69 Å². The molecule has 18 heavy (non-hydrogen) atoms. The van der Waals surface area contributed by atoms with Crippen LogP contribution in [0, 0.1) is 6.92 Å². The van der Waals surface area contributed by atoms with E-state index in [1.807, 2.05) is 25.4 Å². The van der Waals surface area contributed by atoms with Crippen LogP contribution in [0.15, 0.2) is 24.7 Å². The van der Waals surface area contributed by atoms with E-state index in [1.165, 1.54) is 0 Å². The Morgan fingerprint density at radius 1 is 1.39 bits per heavy atom. The predicted molar refractivity (Wildman–Crippen MR) is 67.5 cm³/mol. The fourth-order valence-electron chi connectivity index (χ4n) is 1.56. The Hall–Kier alpha value is -1.79. The fraction of sp³-hybridized carbons (Fsp3) is 0.417. The van der Waals surface area contributed by atoms with E-state index in [1.54, 1.807) is 18.0 Å². The van der Waals surface area contributed by atoms with Gasteiger partial charge in [0, 0.05) is 26.4 Å². The van der Waals surface area contributed by atoms with Crippen LogP contribution in [0.2, 0.25) is 0 Å². The van der Waals surface area contributed by atoms with Crippen LogP contribution in [0.25, 0.3) is 5.69 Å². The predicted octanol–water partition coefficient (Wildman–Crippen LogP) is 0.707. The Morgan fingerprint density at radius 2 is 2.28 bits per heavy atom. The van der Waals surface area contributed by atoms with Gasteiger partial charge in [-0.1, -0.05) is 5.21 Å². The van der Waals surface area contributed by atoms with Gasteiger partial charge in [-0.15, -0.1) is 5.10 Å². The zero-order valence-electron chi connectivity index (χ0n) is 10.6. The highest BCUT2D eigenvalue weighted by molar-refractivity contribution is 5.30. The lowest BCUT2D eigenvalue weighted by atomic mass is 10.3. The molecule has 96 valence electrons. The van der Waals surface area contributed by atoms with Crippen molar-refractivity contribution in [1.82, 2.24) is 25.3 Å². The number of ether oxygens (including phenoxy) is 1. The molecular formula is C12H17N5O. The maximum Gasteiger partial charge on any atom is 0.0969 e. The van der Waals surface area contributed by atoms with E-state index >= 15 is 0 Å². The first kappa shape index (κ1) is 12.7. The Bertz CT molecular complexity index is 497. The number of methoxy groups -OCH3 is 1. The van der Waals surface area contributed by atoms with Gasteiger partial charge in [0.25, 0.3) is 0 Å². The Labute approximate surface area is 106 Å². The number of aromatic nitrogens is 4. The van der Waals surface area contributed by atoms with Crippen LogP contribution in [-0.2, 0) is 11.3 Å². The molecular weight excluding hydrogens is 230 g/mol. The number of pyridine rings is 1. The molecule has 6 heteroatoms. The molecule has 0 radical (unpaired) electrons. The lowest BCUT2D eigenvalue weighted by molar-refractivity contribution is 0.199. The molecule has 0 amide bonds. The van der Waals surface area contributed by atoms with Gasteiger partial charge in [0.1, 0.15) is 0 Å². The second kappa shape index (κ2) is 6.23. The number of hydrogen-bond donors (Lipinski definition) is 1. The summed E-state index contributed by atoms with van der Waals surface area (Å²) >= 11 is 0. The second-order valence-electron chi connectivity index (χ2n) is 4.04. The third kappa shape index (κ3) is 3.35. The molecule has 0 aliphatic heterocycles. The minimum absolute atomic E-state index is 0.683. The average Bonchev–Trinajstić information content (AvgIpc) is 2.83. The van der Waals surface area contributed by atoms with E-state index in [0.717, 1.165) is 23.5 Å². The van der Waals surface area contributed by atoms with Gasteiger partial charge in [-0.2, -0.15) is 0 Å². The third-order valence-corrected chi connectivity index (χ3v) is 2.45. The Balaban J connectivity index is 1.97. The molecule has 2 heterocycles. The smallest absolute Gasteiger partial charge is 0.0969 e. The van der Waals surface area contributed by atoms with Crippen molar-refractivity contribution >= 4 is 0 Å². The molecule has 2 aromatic heterocycles. The second-order valence-corrected chi connectivity index (χ2v) is 4.04. The summed E-state index contributed by atoms with van der Waals surface area (Å²) in [5.74, 6) is 0. The summed E-state index contributed by atoms with van der Waals surface area (Å²) in [4.78, 5) is 4.14. The summed E-state index contributed by atoms with van der Waals surface area (Å²) < 4.78 is 6.68.